The molecule has 0 saturated heterocycles. The molecule has 1 fully saturated rings. The van der Waals surface area contributed by atoms with E-state index >= 15 is 0 Å². The summed E-state index contributed by atoms with van der Waals surface area (Å²) in [6.07, 6.45) is 3.70. The van der Waals surface area contributed by atoms with E-state index in [9.17, 15) is 4.79 Å². The fourth-order valence-corrected chi connectivity index (χ4v) is 2.35. The van der Waals surface area contributed by atoms with E-state index in [0.717, 1.165) is 24.3 Å². The van der Waals surface area contributed by atoms with Gasteiger partial charge in [0.25, 0.3) is 0 Å². The molecule has 16 heavy (non-hydrogen) atoms. The standard InChI is InChI=1S/C13H14O3/c14-12(15)6-9-1-2-10-7-13(3-4-13)8-16-11(10)5-9/h1-2,5H,3-4,6-8H2,(H,14,15). The van der Waals surface area contributed by atoms with Crippen molar-refractivity contribution in [3.05, 3.63) is 29.3 Å². The van der Waals surface area contributed by atoms with Crippen LogP contribution in [-0.4, -0.2) is 17.7 Å². The lowest BCUT2D eigenvalue weighted by molar-refractivity contribution is -0.136. The molecule has 0 bridgehead atoms. The highest BCUT2D eigenvalue weighted by molar-refractivity contribution is 5.70. The van der Waals surface area contributed by atoms with Crippen molar-refractivity contribution in [3.8, 4) is 5.75 Å². The lowest BCUT2D eigenvalue weighted by Crippen LogP contribution is -2.22. The van der Waals surface area contributed by atoms with E-state index in [0.29, 0.717) is 5.41 Å². The van der Waals surface area contributed by atoms with Crippen molar-refractivity contribution in [2.45, 2.75) is 25.7 Å². The summed E-state index contributed by atoms with van der Waals surface area (Å²) in [5.41, 5.74) is 2.47. The maximum absolute atomic E-state index is 10.6. The molecule has 1 aliphatic carbocycles. The summed E-state index contributed by atoms with van der Waals surface area (Å²) >= 11 is 0. The maximum Gasteiger partial charge on any atom is 0.307 e. The van der Waals surface area contributed by atoms with Crippen molar-refractivity contribution in [2.75, 3.05) is 6.61 Å². The molecule has 1 saturated carbocycles. The van der Waals surface area contributed by atoms with E-state index in [-0.39, 0.29) is 6.42 Å². The molecule has 0 aromatic heterocycles. The SMILES string of the molecule is O=C(O)Cc1ccc2c(c1)OCC1(CC1)C2. The van der Waals surface area contributed by atoms with Gasteiger partial charge < -0.3 is 9.84 Å². The minimum Gasteiger partial charge on any atom is -0.493 e. The summed E-state index contributed by atoms with van der Waals surface area (Å²) in [6, 6.07) is 5.79. The number of aliphatic carboxylic acids is 1. The molecule has 3 nitrogen and oxygen atoms in total. The molecule has 1 heterocycles. The van der Waals surface area contributed by atoms with E-state index < -0.39 is 5.97 Å². The number of carboxylic acid groups (broad SMARTS) is 1. The van der Waals surface area contributed by atoms with E-state index in [4.69, 9.17) is 9.84 Å². The van der Waals surface area contributed by atoms with Gasteiger partial charge in [-0.3, -0.25) is 4.79 Å². The lowest BCUT2D eigenvalue weighted by Gasteiger charge is -2.25. The second-order valence-corrected chi connectivity index (χ2v) is 4.98. The Hall–Kier alpha value is -1.51. The fraction of sp³-hybridized carbons (Fsp3) is 0.462. The zero-order valence-corrected chi connectivity index (χ0v) is 9.03. The first-order chi connectivity index (χ1) is 7.67. The number of fused-ring (bicyclic) bond motifs is 1. The average molecular weight is 218 g/mol. The van der Waals surface area contributed by atoms with Crippen LogP contribution in [0, 0.1) is 5.41 Å². The summed E-state index contributed by atoms with van der Waals surface area (Å²) in [5, 5.41) is 8.72. The van der Waals surface area contributed by atoms with Crippen LogP contribution >= 0.6 is 0 Å². The van der Waals surface area contributed by atoms with Crippen molar-refractivity contribution in [1.82, 2.24) is 0 Å². The number of benzene rings is 1. The van der Waals surface area contributed by atoms with Gasteiger partial charge in [0.1, 0.15) is 5.75 Å². The van der Waals surface area contributed by atoms with Crippen LogP contribution in [0.25, 0.3) is 0 Å². The minimum absolute atomic E-state index is 0.0712. The van der Waals surface area contributed by atoms with Gasteiger partial charge in [0.2, 0.25) is 0 Å². The second kappa shape index (κ2) is 3.24. The van der Waals surface area contributed by atoms with Crippen LogP contribution in [0.15, 0.2) is 18.2 Å². The van der Waals surface area contributed by atoms with Crippen molar-refractivity contribution < 1.29 is 14.6 Å². The number of rotatable bonds is 2. The van der Waals surface area contributed by atoms with E-state index in [1.165, 1.54) is 18.4 Å². The molecule has 84 valence electrons. The molecular formula is C13H14O3. The highest BCUT2D eigenvalue weighted by Crippen LogP contribution is 2.52. The molecule has 3 heteroatoms. The molecule has 1 aromatic rings. The van der Waals surface area contributed by atoms with Gasteiger partial charge >= 0.3 is 5.97 Å². The third kappa shape index (κ3) is 1.66. The summed E-state index contributed by atoms with van der Waals surface area (Å²) in [4.78, 5) is 10.6. The molecule has 1 aromatic carbocycles. The third-order valence-electron chi connectivity index (χ3n) is 3.54. The Morgan fingerprint density at radius 1 is 1.44 bits per heavy atom. The fourth-order valence-electron chi connectivity index (χ4n) is 2.35. The van der Waals surface area contributed by atoms with E-state index in [1.807, 2.05) is 18.2 Å². The Labute approximate surface area is 94.0 Å². The van der Waals surface area contributed by atoms with Gasteiger partial charge in [0, 0.05) is 5.41 Å². The van der Waals surface area contributed by atoms with Gasteiger partial charge in [-0.25, -0.2) is 0 Å². The smallest absolute Gasteiger partial charge is 0.307 e. The van der Waals surface area contributed by atoms with Crippen molar-refractivity contribution >= 4 is 5.97 Å². The Kier molecular flexibility index (Phi) is 1.96. The Balaban J connectivity index is 1.86. The summed E-state index contributed by atoms with van der Waals surface area (Å²) in [5.74, 6) is 0.0886. The average Bonchev–Trinajstić information content (AvgIpc) is 2.98. The van der Waals surface area contributed by atoms with Crippen LogP contribution in [0.4, 0.5) is 0 Å². The number of hydrogen-bond acceptors (Lipinski definition) is 2. The van der Waals surface area contributed by atoms with Crippen LogP contribution in [0.2, 0.25) is 0 Å². The quantitative estimate of drug-likeness (QED) is 0.826. The summed E-state index contributed by atoms with van der Waals surface area (Å²) in [7, 11) is 0. The monoisotopic (exact) mass is 218 g/mol. The number of hydrogen-bond donors (Lipinski definition) is 1. The molecule has 1 aliphatic heterocycles. The molecule has 0 unspecified atom stereocenters. The Bertz CT molecular complexity index is 446. The Morgan fingerprint density at radius 2 is 2.25 bits per heavy atom. The Morgan fingerprint density at radius 3 is 2.94 bits per heavy atom. The molecule has 3 rings (SSSR count). The van der Waals surface area contributed by atoms with Gasteiger partial charge in [0.15, 0.2) is 0 Å². The zero-order chi connectivity index (χ0) is 11.2. The highest BCUT2D eigenvalue weighted by Gasteiger charge is 2.46. The van der Waals surface area contributed by atoms with Crippen molar-refractivity contribution in [2.24, 2.45) is 5.41 Å². The topological polar surface area (TPSA) is 46.5 Å². The largest absolute Gasteiger partial charge is 0.493 e. The predicted octanol–water partition coefficient (Wildman–Crippen LogP) is 2.03. The van der Waals surface area contributed by atoms with Crippen LogP contribution in [-0.2, 0) is 17.6 Å². The van der Waals surface area contributed by atoms with E-state index in [1.54, 1.807) is 0 Å². The number of ether oxygens (including phenoxy) is 1. The molecule has 0 atom stereocenters. The number of carbonyl (C=O) groups is 1. The highest BCUT2D eigenvalue weighted by atomic mass is 16.5. The summed E-state index contributed by atoms with van der Waals surface area (Å²) in [6.45, 7) is 0.802. The van der Waals surface area contributed by atoms with Crippen LogP contribution in [0.5, 0.6) is 5.75 Å². The molecule has 0 amide bonds. The first-order valence-electron chi connectivity index (χ1n) is 5.63. The van der Waals surface area contributed by atoms with Crippen molar-refractivity contribution in [1.29, 1.82) is 0 Å². The van der Waals surface area contributed by atoms with E-state index in [2.05, 4.69) is 0 Å². The van der Waals surface area contributed by atoms with Gasteiger partial charge in [0.05, 0.1) is 13.0 Å². The molecule has 1 spiro atoms. The van der Waals surface area contributed by atoms with Crippen LogP contribution in [0.3, 0.4) is 0 Å². The second-order valence-electron chi connectivity index (χ2n) is 4.98. The minimum atomic E-state index is -0.797. The van der Waals surface area contributed by atoms with Gasteiger partial charge in [-0.2, -0.15) is 0 Å². The van der Waals surface area contributed by atoms with Gasteiger partial charge in [-0.15, -0.1) is 0 Å². The van der Waals surface area contributed by atoms with Crippen LogP contribution < -0.4 is 4.74 Å². The first-order valence-corrected chi connectivity index (χ1v) is 5.63. The predicted molar refractivity (Wildman–Crippen MR) is 58.6 cm³/mol. The molecular weight excluding hydrogens is 204 g/mol. The third-order valence-corrected chi connectivity index (χ3v) is 3.54. The zero-order valence-electron chi connectivity index (χ0n) is 9.03. The summed E-state index contributed by atoms with van der Waals surface area (Å²) < 4.78 is 5.73. The van der Waals surface area contributed by atoms with Gasteiger partial charge in [-0.1, -0.05) is 12.1 Å². The molecule has 1 N–H and O–H groups in total. The van der Waals surface area contributed by atoms with Crippen LogP contribution in [0.1, 0.15) is 24.0 Å². The number of carboxylic acids is 1. The molecule has 0 radical (unpaired) electrons. The van der Waals surface area contributed by atoms with Crippen molar-refractivity contribution in [3.63, 3.8) is 0 Å². The molecule has 2 aliphatic rings. The first kappa shape index (κ1) is 9.70. The maximum atomic E-state index is 10.6. The van der Waals surface area contributed by atoms with Gasteiger partial charge in [-0.05, 0) is 36.5 Å². The normalized spacial score (nSPS) is 20.0. The lowest BCUT2D eigenvalue weighted by atomic mass is 9.93.